The number of rotatable bonds is 2. The van der Waals surface area contributed by atoms with Crippen LogP contribution in [0.1, 0.15) is 24.4 Å². The number of nitriles is 1. The van der Waals surface area contributed by atoms with Gasteiger partial charge in [-0.2, -0.15) is 5.26 Å². The topological polar surface area (TPSA) is 54.5 Å². The molecule has 0 bridgehead atoms. The van der Waals surface area contributed by atoms with Crippen molar-refractivity contribution < 1.29 is 4.39 Å². The third kappa shape index (κ3) is 1.96. The first-order valence-corrected chi connectivity index (χ1v) is 6.80. The molecular formula is C16H11FN4. The molecule has 1 aliphatic carbocycles. The van der Waals surface area contributed by atoms with Crippen molar-refractivity contribution in [2.24, 2.45) is 0 Å². The summed E-state index contributed by atoms with van der Waals surface area (Å²) in [6.45, 7) is 0. The van der Waals surface area contributed by atoms with Gasteiger partial charge in [0.2, 0.25) is 0 Å². The summed E-state index contributed by atoms with van der Waals surface area (Å²) in [4.78, 5) is 8.74. The van der Waals surface area contributed by atoms with Crippen molar-refractivity contribution >= 4 is 11.0 Å². The Balaban J connectivity index is 1.97. The minimum atomic E-state index is -0.361. The number of pyridine rings is 1. The van der Waals surface area contributed by atoms with E-state index in [-0.39, 0.29) is 5.82 Å². The van der Waals surface area contributed by atoms with Crippen LogP contribution < -0.4 is 0 Å². The molecule has 0 radical (unpaired) electrons. The van der Waals surface area contributed by atoms with E-state index in [0.717, 1.165) is 29.7 Å². The highest BCUT2D eigenvalue weighted by Crippen LogP contribution is 2.41. The molecule has 0 unspecified atom stereocenters. The summed E-state index contributed by atoms with van der Waals surface area (Å²) in [5.41, 5.74) is 3.01. The number of benzene rings is 1. The van der Waals surface area contributed by atoms with Gasteiger partial charge in [0, 0.05) is 6.04 Å². The van der Waals surface area contributed by atoms with Crippen molar-refractivity contribution in [3.8, 4) is 17.6 Å². The summed E-state index contributed by atoms with van der Waals surface area (Å²) in [6, 6.07) is 11.1. The lowest BCUT2D eigenvalue weighted by atomic mass is 10.2. The first-order valence-electron chi connectivity index (χ1n) is 6.80. The van der Waals surface area contributed by atoms with Crippen LogP contribution in [0.25, 0.3) is 22.6 Å². The predicted octanol–water partition coefficient (Wildman–Crippen LogP) is 3.44. The van der Waals surface area contributed by atoms with Crippen LogP contribution in [-0.4, -0.2) is 14.5 Å². The Kier molecular flexibility index (Phi) is 2.51. The summed E-state index contributed by atoms with van der Waals surface area (Å²) in [6.07, 6.45) is 3.42. The van der Waals surface area contributed by atoms with Gasteiger partial charge in [-0.15, -0.1) is 0 Å². The average molecular weight is 278 g/mol. The molecule has 4 rings (SSSR count). The van der Waals surface area contributed by atoms with Crippen molar-refractivity contribution in [3.05, 3.63) is 47.9 Å². The number of halogens is 1. The lowest BCUT2D eigenvalue weighted by molar-refractivity contribution is 0.621. The van der Waals surface area contributed by atoms with Gasteiger partial charge >= 0.3 is 0 Å². The van der Waals surface area contributed by atoms with Gasteiger partial charge in [0.25, 0.3) is 0 Å². The van der Waals surface area contributed by atoms with Crippen molar-refractivity contribution in [1.29, 1.82) is 5.26 Å². The lowest BCUT2D eigenvalue weighted by Gasteiger charge is -2.06. The summed E-state index contributed by atoms with van der Waals surface area (Å²) < 4.78 is 15.2. The Morgan fingerprint density at radius 1 is 1.24 bits per heavy atom. The molecule has 0 saturated heterocycles. The molecule has 3 aromatic rings. The van der Waals surface area contributed by atoms with Gasteiger partial charge < -0.3 is 4.57 Å². The molecule has 2 heterocycles. The van der Waals surface area contributed by atoms with Gasteiger partial charge in [-0.3, -0.25) is 0 Å². The zero-order valence-electron chi connectivity index (χ0n) is 11.1. The Hall–Kier alpha value is -2.74. The highest BCUT2D eigenvalue weighted by molar-refractivity contribution is 5.81. The number of aromatic nitrogens is 3. The zero-order valence-corrected chi connectivity index (χ0v) is 11.1. The normalized spacial score (nSPS) is 14.3. The van der Waals surface area contributed by atoms with Gasteiger partial charge in [-0.1, -0.05) is 0 Å². The fourth-order valence-electron chi connectivity index (χ4n) is 2.56. The molecule has 1 saturated carbocycles. The van der Waals surface area contributed by atoms with E-state index < -0.39 is 0 Å². The molecule has 0 N–H and O–H groups in total. The molecule has 1 fully saturated rings. The smallest absolute Gasteiger partial charge is 0.160 e. The maximum absolute atomic E-state index is 13.1. The highest BCUT2D eigenvalue weighted by atomic mass is 19.1. The molecule has 5 heteroatoms. The number of hydrogen-bond donors (Lipinski definition) is 0. The monoisotopic (exact) mass is 278 g/mol. The van der Waals surface area contributed by atoms with Crippen LogP contribution in [0.15, 0.2) is 36.5 Å². The Morgan fingerprint density at radius 2 is 2.10 bits per heavy atom. The van der Waals surface area contributed by atoms with E-state index in [1.165, 1.54) is 12.3 Å². The number of imidazole rings is 1. The molecule has 0 aliphatic heterocycles. The Bertz CT molecular complexity index is 870. The molecule has 1 aliphatic rings. The third-order valence-electron chi connectivity index (χ3n) is 3.69. The quantitative estimate of drug-likeness (QED) is 0.721. The van der Waals surface area contributed by atoms with Gasteiger partial charge in [0.1, 0.15) is 11.5 Å². The van der Waals surface area contributed by atoms with Crippen LogP contribution in [0.2, 0.25) is 0 Å². The van der Waals surface area contributed by atoms with E-state index in [2.05, 4.69) is 20.6 Å². The van der Waals surface area contributed by atoms with Crippen LogP contribution in [0, 0.1) is 17.1 Å². The fourth-order valence-corrected chi connectivity index (χ4v) is 2.56. The maximum Gasteiger partial charge on any atom is 0.160 e. The second-order valence-electron chi connectivity index (χ2n) is 5.21. The molecule has 0 spiro atoms. The summed E-state index contributed by atoms with van der Waals surface area (Å²) in [5.74, 6) is 0.377. The second-order valence-corrected chi connectivity index (χ2v) is 5.21. The van der Waals surface area contributed by atoms with Crippen molar-refractivity contribution in [2.45, 2.75) is 18.9 Å². The third-order valence-corrected chi connectivity index (χ3v) is 3.69. The predicted molar refractivity (Wildman–Crippen MR) is 75.9 cm³/mol. The fraction of sp³-hybridized carbons (Fsp3) is 0.188. The summed E-state index contributed by atoms with van der Waals surface area (Å²) >= 11 is 0. The van der Waals surface area contributed by atoms with E-state index in [1.54, 1.807) is 18.2 Å². The Morgan fingerprint density at radius 3 is 2.76 bits per heavy atom. The molecule has 21 heavy (non-hydrogen) atoms. The largest absolute Gasteiger partial charge is 0.320 e. The summed E-state index contributed by atoms with van der Waals surface area (Å²) in [7, 11) is 0. The molecular weight excluding hydrogens is 267 g/mol. The highest BCUT2D eigenvalue weighted by Gasteiger charge is 2.29. The SMILES string of the molecule is N#Cc1ccc2c(c1)nc(-c1ccc(F)cn1)n2C1CC1. The van der Waals surface area contributed by atoms with Crippen molar-refractivity contribution in [1.82, 2.24) is 14.5 Å². The van der Waals surface area contributed by atoms with Gasteiger partial charge in [-0.05, 0) is 43.2 Å². The molecule has 0 amide bonds. The maximum atomic E-state index is 13.1. The van der Waals surface area contributed by atoms with E-state index in [1.807, 2.05) is 6.07 Å². The van der Waals surface area contributed by atoms with Gasteiger partial charge in [0.05, 0.1) is 28.9 Å². The molecule has 1 aromatic carbocycles. The van der Waals surface area contributed by atoms with E-state index in [4.69, 9.17) is 5.26 Å². The van der Waals surface area contributed by atoms with E-state index >= 15 is 0 Å². The summed E-state index contributed by atoms with van der Waals surface area (Å²) in [5, 5.41) is 9.00. The first-order chi connectivity index (χ1) is 10.3. The van der Waals surface area contributed by atoms with Crippen molar-refractivity contribution in [2.75, 3.05) is 0 Å². The minimum Gasteiger partial charge on any atom is -0.320 e. The number of hydrogen-bond acceptors (Lipinski definition) is 3. The van der Waals surface area contributed by atoms with E-state index in [9.17, 15) is 4.39 Å². The van der Waals surface area contributed by atoms with Crippen LogP contribution in [0.3, 0.4) is 0 Å². The van der Waals surface area contributed by atoms with Crippen molar-refractivity contribution in [3.63, 3.8) is 0 Å². The van der Waals surface area contributed by atoms with Gasteiger partial charge in [0.15, 0.2) is 5.82 Å². The zero-order chi connectivity index (χ0) is 14.4. The molecule has 2 aromatic heterocycles. The molecule has 0 atom stereocenters. The Labute approximate surface area is 120 Å². The molecule has 102 valence electrons. The van der Waals surface area contributed by atoms with E-state index in [0.29, 0.717) is 17.3 Å². The van der Waals surface area contributed by atoms with Crippen LogP contribution in [-0.2, 0) is 0 Å². The van der Waals surface area contributed by atoms with Crippen LogP contribution in [0.4, 0.5) is 4.39 Å². The van der Waals surface area contributed by atoms with Crippen LogP contribution >= 0.6 is 0 Å². The lowest BCUT2D eigenvalue weighted by Crippen LogP contribution is -1.98. The first kappa shape index (κ1) is 12.0. The number of fused-ring (bicyclic) bond motifs is 1. The second kappa shape index (κ2) is 4.38. The number of nitrogens with zero attached hydrogens (tertiary/aromatic N) is 4. The standard InChI is InChI=1S/C16H11FN4/c17-11-2-5-13(19-9-11)16-20-14-7-10(8-18)1-6-15(14)21(16)12-3-4-12/h1-2,5-7,9,12H,3-4H2. The molecule has 4 nitrogen and oxygen atoms in total. The minimum absolute atomic E-state index is 0.361. The van der Waals surface area contributed by atoms with Crippen LogP contribution in [0.5, 0.6) is 0 Å². The average Bonchev–Trinajstić information content (AvgIpc) is 3.27. The van der Waals surface area contributed by atoms with Gasteiger partial charge in [-0.25, -0.2) is 14.4 Å².